The summed E-state index contributed by atoms with van der Waals surface area (Å²) in [6.07, 6.45) is 5.86. The van der Waals surface area contributed by atoms with E-state index in [4.69, 9.17) is 4.74 Å². The van der Waals surface area contributed by atoms with Crippen LogP contribution in [0.25, 0.3) is 0 Å². The minimum absolute atomic E-state index is 0.693. The first-order valence-electron chi connectivity index (χ1n) is 5.27. The third-order valence-corrected chi connectivity index (χ3v) is 3.17. The van der Waals surface area contributed by atoms with Gasteiger partial charge in [-0.2, -0.15) is 0 Å². The van der Waals surface area contributed by atoms with E-state index in [0.29, 0.717) is 12.5 Å². The van der Waals surface area contributed by atoms with Crippen molar-refractivity contribution in [2.75, 3.05) is 13.2 Å². The molecule has 2 atom stereocenters. The van der Waals surface area contributed by atoms with Crippen LogP contribution in [0.2, 0.25) is 0 Å². The van der Waals surface area contributed by atoms with Crippen LogP contribution in [0, 0.1) is 17.8 Å². The van der Waals surface area contributed by atoms with Crippen LogP contribution in [0.5, 0.6) is 0 Å². The normalized spacial score (nSPS) is 28.9. The van der Waals surface area contributed by atoms with E-state index in [1.54, 1.807) is 5.92 Å². The van der Waals surface area contributed by atoms with Crippen molar-refractivity contribution in [3.63, 3.8) is 0 Å². The van der Waals surface area contributed by atoms with Crippen LogP contribution in [0.3, 0.4) is 0 Å². The first kappa shape index (κ1) is 10.6. The van der Waals surface area contributed by atoms with Gasteiger partial charge in [0, 0.05) is 0 Å². The molecule has 2 unspecified atom stereocenters. The largest absolute Gasteiger partial charge is 0.373 e. The van der Waals surface area contributed by atoms with Gasteiger partial charge in [-0.15, -0.1) is 6.58 Å². The van der Waals surface area contributed by atoms with Crippen molar-refractivity contribution >= 4 is 0 Å². The monoisotopic (exact) mass is 181 g/mol. The molecule has 74 valence electrons. The van der Waals surface area contributed by atoms with Crippen molar-refractivity contribution in [2.24, 2.45) is 11.8 Å². The van der Waals surface area contributed by atoms with Crippen LogP contribution in [-0.4, -0.2) is 13.2 Å². The Morgan fingerprint density at radius 2 is 2.31 bits per heavy atom. The Balaban J connectivity index is 2.26. The van der Waals surface area contributed by atoms with Gasteiger partial charge in [-0.3, -0.25) is 0 Å². The van der Waals surface area contributed by atoms with Crippen molar-refractivity contribution in [2.45, 2.75) is 33.1 Å². The third-order valence-electron chi connectivity index (χ3n) is 3.17. The Morgan fingerprint density at radius 3 is 3.00 bits per heavy atom. The molecular formula is C12H21O+. The average molecular weight is 181 g/mol. The molecule has 0 aliphatic heterocycles. The molecule has 0 heterocycles. The summed E-state index contributed by atoms with van der Waals surface area (Å²) in [5.41, 5.74) is 0. The van der Waals surface area contributed by atoms with Crippen LogP contribution in [-0.2, 0) is 4.74 Å². The maximum atomic E-state index is 5.50. The molecule has 0 amide bonds. The molecule has 1 aliphatic carbocycles. The number of hydrogen-bond donors (Lipinski definition) is 0. The quantitative estimate of drug-likeness (QED) is 0.367. The molecule has 0 spiro atoms. The lowest BCUT2D eigenvalue weighted by atomic mass is 9.74. The number of rotatable bonds is 4. The van der Waals surface area contributed by atoms with Crippen molar-refractivity contribution in [1.29, 1.82) is 0 Å². The molecule has 0 aromatic rings. The van der Waals surface area contributed by atoms with E-state index in [2.05, 4.69) is 20.4 Å². The summed E-state index contributed by atoms with van der Waals surface area (Å²) in [4.78, 5) is 0. The van der Waals surface area contributed by atoms with Gasteiger partial charge in [-0.25, -0.2) is 0 Å². The summed E-state index contributed by atoms with van der Waals surface area (Å²) in [6.45, 7) is 9.84. The van der Waals surface area contributed by atoms with E-state index in [1.165, 1.54) is 19.3 Å². The molecule has 13 heavy (non-hydrogen) atoms. The minimum Gasteiger partial charge on any atom is -0.373 e. The molecule has 1 saturated carbocycles. The Bertz CT molecular complexity index is 153. The maximum Gasteiger partial charge on any atom is 0.123 e. The number of ether oxygens (including phenoxy) is 1. The minimum atomic E-state index is 0.693. The Morgan fingerprint density at radius 1 is 1.54 bits per heavy atom. The molecule has 1 rings (SSSR count). The second-order valence-corrected chi connectivity index (χ2v) is 4.10. The highest BCUT2D eigenvalue weighted by Gasteiger charge is 2.36. The molecular weight excluding hydrogens is 160 g/mol. The molecule has 0 N–H and O–H groups in total. The lowest BCUT2D eigenvalue weighted by molar-refractivity contribution is 0.107. The summed E-state index contributed by atoms with van der Waals surface area (Å²) in [5, 5.41) is 0. The standard InChI is InChI=1S/C12H21O/c1-4-8-13-9-12-7-5-6-10(2)11(12)3/h4,10,12H,1,5-9H2,2-3H3/q+1. The molecule has 1 heteroatoms. The van der Waals surface area contributed by atoms with Crippen molar-refractivity contribution in [3.05, 3.63) is 18.6 Å². The van der Waals surface area contributed by atoms with Crippen LogP contribution in [0.15, 0.2) is 12.7 Å². The Labute approximate surface area is 82.2 Å². The van der Waals surface area contributed by atoms with Gasteiger partial charge in [0.2, 0.25) is 0 Å². The van der Waals surface area contributed by atoms with Gasteiger partial charge in [0.1, 0.15) is 5.92 Å². The van der Waals surface area contributed by atoms with Crippen molar-refractivity contribution in [1.82, 2.24) is 0 Å². The van der Waals surface area contributed by atoms with E-state index in [1.807, 2.05) is 6.08 Å². The zero-order valence-corrected chi connectivity index (χ0v) is 8.88. The SMILES string of the molecule is C=CCOCC1CCCC(C)[C+]1C. The van der Waals surface area contributed by atoms with Gasteiger partial charge in [0.15, 0.2) is 0 Å². The molecule has 0 saturated heterocycles. The molecule has 1 nitrogen and oxygen atoms in total. The van der Waals surface area contributed by atoms with E-state index < -0.39 is 0 Å². The number of hydrogen-bond acceptors (Lipinski definition) is 1. The Hall–Kier alpha value is -0.430. The highest BCUT2D eigenvalue weighted by Crippen LogP contribution is 2.35. The van der Waals surface area contributed by atoms with E-state index in [0.717, 1.165) is 12.5 Å². The first-order valence-corrected chi connectivity index (χ1v) is 5.27. The van der Waals surface area contributed by atoms with Gasteiger partial charge in [0.25, 0.3) is 0 Å². The summed E-state index contributed by atoms with van der Waals surface area (Å²) < 4.78 is 5.50. The lowest BCUT2D eigenvalue weighted by Gasteiger charge is -2.24. The van der Waals surface area contributed by atoms with E-state index in [-0.39, 0.29) is 0 Å². The smallest absolute Gasteiger partial charge is 0.123 e. The second-order valence-electron chi connectivity index (χ2n) is 4.10. The fourth-order valence-electron chi connectivity index (χ4n) is 2.04. The van der Waals surface area contributed by atoms with Crippen LogP contribution in [0.4, 0.5) is 0 Å². The first-order chi connectivity index (χ1) is 6.25. The molecule has 0 bridgehead atoms. The van der Waals surface area contributed by atoms with Gasteiger partial charge in [-0.1, -0.05) is 6.08 Å². The summed E-state index contributed by atoms with van der Waals surface area (Å²) in [5.74, 6) is 3.13. The van der Waals surface area contributed by atoms with Crippen molar-refractivity contribution in [3.8, 4) is 0 Å². The second kappa shape index (κ2) is 5.33. The Kier molecular flexibility index (Phi) is 4.37. The molecule has 1 aliphatic rings. The van der Waals surface area contributed by atoms with E-state index >= 15 is 0 Å². The van der Waals surface area contributed by atoms with Crippen LogP contribution < -0.4 is 0 Å². The zero-order valence-electron chi connectivity index (χ0n) is 8.88. The predicted octanol–water partition coefficient (Wildman–Crippen LogP) is 3.22. The topological polar surface area (TPSA) is 9.23 Å². The summed E-state index contributed by atoms with van der Waals surface area (Å²) in [6, 6.07) is 0. The maximum absolute atomic E-state index is 5.50. The van der Waals surface area contributed by atoms with Crippen LogP contribution in [0.1, 0.15) is 33.1 Å². The molecule has 1 fully saturated rings. The molecule has 0 aromatic carbocycles. The highest BCUT2D eigenvalue weighted by atomic mass is 16.5. The van der Waals surface area contributed by atoms with Gasteiger partial charge < -0.3 is 4.74 Å². The molecule has 0 aromatic heterocycles. The fraction of sp³-hybridized carbons (Fsp3) is 0.750. The van der Waals surface area contributed by atoms with Crippen molar-refractivity contribution < 1.29 is 4.74 Å². The zero-order chi connectivity index (χ0) is 9.68. The van der Waals surface area contributed by atoms with Gasteiger partial charge in [0.05, 0.1) is 32.0 Å². The van der Waals surface area contributed by atoms with Gasteiger partial charge >= 0.3 is 0 Å². The van der Waals surface area contributed by atoms with Gasteiger partial charge in [-0.05, 0) is 26.2 Å². The third kappa shape index (κ3) is 3.07. The average Bonchev–Trinajstić information content (AvgIpc) is 2.13. The predicted molar refractivity (Wildman–Crippen MR) is 56.4 cm³/mol. The summed E-state index contributed by atoms with van der Waals surface area (Å²) >= 11 is 0. The summed E-state index contributed by atoms with van der Waals surface area (Å²) in [7, 11) is 0. The fourth-order valence-corrected chi connectivity index (χ4v) is 2.04. The molecule has 0 radical (unpaired) electrons. The van der Waals surface area contributed by atoms with E-state index in [9.17, 15) is 0 Å². The lowest BCUT2D eigenvalue weighted by Crippen LogP contribution is -2.26. The van der Waals surface area contributed by atoms with Crippen LogP contribution >= 0.6 is 0 Å². The highest BCUT2D eigenvalue weighted by molar-refractivity contribution is 4.99.